The Kier molecular flexibility index (Phi) is 20.0. The fourth-order valence-electron chi connectivity index (χ4n) is 1.95. The molecular weight excluding hydrogens is 303 g/mol. The van der Waals surface area contributed by atoms with Crippen molar-refractivity contribution >= 4 is 61.5 Å². The zero-order chi connectivity index (χ0) is 14.4. The van der Waals surface area contributed by atoms with Crippen molar-refractivity contribution in [1.82, 2.24) is 0 Å². The van der Waals surface area contributed by atoms with Gasteiger partial charge in [0.15, 0.2) is 0 Å². The number of hydrogen-bond donors (Lipinski definition) is 1. The van der Waals surface area contributed by atoms with Crippen molar-refractivity contribution in [2.75, 3.05) is 19.0 Å². The van der Waals surface area contributed by atoms with Crippen molar-refractivity contribution in [2.24, 2.45) is 0 Å². The van der Waals surface area contributed by atoms with Crippen LogP contribution in [0, 0.1) is 0 Å². The van der Waals surface area contributed by atoms with Crippen LogP contribution < -0.4 is 0 Å². The van der Waals surface area contributed by atoms with Gasteiger partial charge in [0.1, 0.15) is 0 Å². The first kappa shape index (κ1) is 23.8. The topological polar surface area (TPSA) is 63.6 Å². The van der Waals surface area contributed by atoms with Crippen molar-refractivity contribution in [1.29, 1.82) is 0 Å². The molecule has 0 fully saturated rings. The SMILES string of the molecule is CCCCCCCCCCCCOS(=O)(=O)CCO.[KH]. The van der Waals surface area contributed by atoms with Gasteiger partial charge < -0.3 is 5.11 Å². The van der Waals surface area contributed by atoms with Gasteiger partial charge in [-0.05, 0) is 6.42 Å². The van der Waals surface area contributed by atoms with Gasteiger partial charge in [-0.15, -0.1) is 0 Å². The van der Waals surface area contributed by atoms with Gasteiger partial charge in [-0.3, -0.25) is 4.18 Å². The minimum atomic E-state index is -3.49. The molecular formula is C14H31KO4S. The van der Waals surface area contributed by atoms with E-state index in [4.69, 9.17) is 9.29 Å². The Labute approximate surface area is 167 Å². The maximum absolute atomic E-state index is 11.1. The fraction of sp³-hybridized carbons (Fsp3) is 1.00. The molecule has 0 unspecified atom stereocenters. The minimum absolute atomic E-state index is 0. The van der Waals surface area contributed by atoms with Crippen LogP contribution in [0.5, 0.6) is 0 Å². The maximum atomic E-state index is 11.1. The Balaban J connectivity index is 0. The van der Waals surface area contributed by atoms with Gasteiger partial charge in [-0.2, -0.15) is 8.42 Å². The first-order valence-electron chi connectivity index (χ1n) is 7.60. The predicted octanol–water partition coefficient (Wildman–Crippen LogP) is 2.60. The molecule has 1 N–H and O–H groups in total. The van der Waals surface area contributed by atoms with Gasteiger partial charge in [0.05, 0.1) is 19.0 Å². The second kappa shape index (κ2) is 16.9. The quantitative estimate of drug-likeness (QED) is 0.301. The first-order chi connectivity index (χ1) is 9.12. The van der Waals surface area contributed by atoms with Crippen molar-refractivity contribution in [3.05, 3.63) is 0 Å². The first-order valence-corrected chi connectivity index (χ1v) is 9.18. The van der Waals surface area contributed by atoms with E-state index in [0.29, 0.717) is 0 Å². The van der Waals surface area contributed by atoms with E-state index >= 15 is 0 Å². The van der Waals surface area contributed by atoms with Gasteiger partial charge in [0.25, 0.3) is 10.1 Å². The molecule has 118 valence electrons. The third-order valence-corrected chi connectivity index (χ3v) is 4.31. The molecule has 0 rings (SSSR count). The molecule has 0 amide bonds. The standard InChI is InChI=1S/C14H30O4S.K.H/c1-2-3-4-5-6-7-8-9-10-11-13-18-19(16,17)14-12-15;;/h15H,2-14H2,1H3;;. The molecule has 0 saturated carbocycles. The Morgan fingerprint density at radius 2 is 1.30 bits per heavy atom. The molecule has 20 heavy (non-hydrogen) atoms. The third-order valence-electron chi connectivity index (χ3n) is 3.10. The van der Waals surface area contributed by atoms with E-state index in [1.165, 1.54) is 44.9 Å². The molecule has 4 nitrogen and oxygen atoms in total. The summed E-state index contributed by atoms with van der Waals surface area (Å²) in [5, 5.41) is 8.52. The molecule has 0 spiro atoms. The normalized spacial score (nSPS) is 11.3. The van der Waals surface area contributed by atoms with Crippen LogP contribution in [0.25, 0.3) is 0 Å². The van der Waals surface area contributed by atoms with Crippen LogP contribution >= 0.6 is 0 Å². The summed E-state index contributed by atoms with van der Waals surface area (Å²) in [6.45, 7) is 2.10. The monoisotopic (exact) mass is 334 g/mol. The van der Waals surface area contributed by atoms with Crippen LogP contribution in [0.3, 0.4) is 0 Å². The molecule has 0 heterocycles. The molecule has 0 aromatic rings. The average molecular weight is 335 g/mol. The summed E-state index contributed by atoms with van der Waals surface area (Å²) in [6.07, 6.45) is 12.1. The Hall–Kier alpha value is 1.51. The molecule has 0 bridgehead atoms. The van der Waals surface area contributed by atoms with E-state index in [0.717, 1.165) is 19.3 Å². The van der Waals surface area contributed by atoms with Crippen LogP contribution in [0.4, 0.5) is 0 Å². The number of unbranched alkanes of at least 4 members (excludes halogenated alkanes) is 9. The Morgan fingerprint density at radius 3 is 1.75 bits per heavy atom. The van der Waals surface area contributed by atoms with E-state index < -0.39 is 10.1 Å². The van der Waals surface area contributed by atoms with E-state index in [2.05, 4.69) is 6.92 Å². The van der Waals surface area contributed by atoms with Gasteiger partial charge in [-0.25, -0.2) is 0 Å². The van der Waals surface area contributed by atoms with Crippen LogP contribution in [-0.4, -0.2) is 83.9 Å². The molecule has 0 aliphatic heterocycles. The van der Waals surface area contributed by atoms with Crippen molar-refractivity contribution in [3.8, 4) is 0 Å². The van der Waals surface area contributed by atoms with Crippen LogP contribution in [0.2, 0.25) is 0 Å². The molecule has 0 atom stereocenters. The van der Waals surface area contributed by atoms with Crippen molar-refractivity contribution < 1.29 is 17.7 Å². The summed E-state index contributed by atoms with van der Waals surface area (Å²) >= 11 is 0. The molecule has 0 aliphatic carbocycles. The summed E-state index contributed by atoms with van der Waals surface area (Å²) < 4.78 is 27.0. The Morgan fingerprint density at radius 1 is 0.850 bits per heavy atom. The summed E-state index contributed by atoms with van der Waals surface area (Å²) in [4.78, 5) is 0. The van der Waals surface area contributed by atoms with E-state index in [1.54, 1.807) is 0 Å². The van der Waals surface area contributed by atoms with E-state index in [-0.39, 0.29) is 70.4 Å². The van der Waals surface area contributed by atoms with Crippen LogP contribution in [0.15, 0.2) is 0 Å². The molecule has 0 saturated heterocycles. The van der Waals surface area contributed by atoms with Gasteiger partial charge in [0, 0.05) is 0 Å². The van der Waals surface area contributed by atoms with Crippen molar-refractivity contribution in [2.45, 2.75) is 71.1 Å². The third kappa shape index (κ3) is 17.6. The number of hydrogen-bond acceptors (Lipinski definition) is 4. The van der Waals surface area contributed by atoms with Crippen molar-refractivity contribution in [3.63, 3.8) is 0 Å². The molecule has 0 aromatic heterocycles. The molecule has 0 aromatic carbocycles. The summed E-state index contributed by atoms with van der Waals surface area (Å²) in [5.74, 6) is -0.301. The zero-order valence-electron chi connectivity index (χ0n) is 12.3. The van der Waals surface area contributed by atoms with Crippen LogP contribution in [-0.2, 0) is 14.3 Å². The predicted molar refractivity (Wildman–Crippen MR) is 85.8 cm³/mol. The zero-order valence-corrected chi connectivity index (χ0v) is 13.1. The average Bonchev–Trinajstić information content (AvgIpc) is 2.36. The van der Waals surface area contributed by atoms with Gasteiger partial charge in [0.2, 0.25) is 0 Å². The summed E-state index contributed by atoms with van der Waals surface area (Å²) in [7, 11) is -3.49. The van der Waals surface area contributed by atoms with Crippen LogP contribution in [0.1, 0.15) is 71.1 Å². The van der Waals surface area contributed by atoms with E-state index in [1.807, 2.05) is 0 Å². The summed E-state index contributed by atoms with van der Waals surface area (Å²) in [5.41, 5.74) is 0. The fourth-order valence-corrected chi connectivity index (χ4v) is 2.66. The van der Waals surface area contributed by atoms with E-state index in [9.17, 15) is 8.42 Å². The number of rotatable bonds is 14. The summed E-state index contributed by atoms with van der Waals surface area (Å²) in [6, 6.07) is 0. The Bertz CT molecular complexity index is 281. The van der Waals surface area contributed by atoms with Gasteiger partial charge >= 0.3 is 51.4 Å². The second-order valence-electron chi connectivity index (χ2n) is 4.99. The number of aliphatic hydroxyl groups is 1. The molecule has 0 radical (unpaired) electrons. The molecule has 6 heteroatoms. The van der Waals surface area contributed by atoms with Gasteiger partial charge in [-0.1, -0.05) is 64.7 Å². The number of aliphatic hydroxyl groups excluding tert-OH is 1. The second-order valence-corrected chi connectivity index (χ2v) is 6.75. The molecule has 0 aliphatic rings.